The second-order valence-electron chi connectivity index (χ2n) is 7.26. The molecular weight excluding hydrogens is 288 g/mol. The van der Waals surface area contributed by atoms with Gasteiger partial charge in [-0.1, -0.05) is 79.8 Å². The normalized spacial score (nSPS) is 24.7. The van der Waals surface area contributed by atoms with Crippen LogP contribution >= 0.6 is 0 Å². The summed E-state index contributed by atoms with van der Waals surface area (Å²) in [5, 5.41) is 0. The van der Waals surface area contributed by atoms with E-state index in [4.69, 9.17) is 0 Å². The first kappa shape index (κ1) is 15.2. The lowest BCUT2D eigenvalue weighted by atomic mass is 9.65. The second-order valence-corrected chi connectivity index (χ2v) is 7.26. The van der Waals surface area contributed by atoms with Crippen molar-refractivity contribution in [3.8, 4) is 0 Å². The number of fused-ring (bicyclic) bond motifs is 2. The van der Waals surface area contributed by atoms with Crippen LogP contribution in [0.4, 0.5) is 0 Å². The summed E-state index contributed by atoms with van der Waals surface area (Å²) in [7, 11) is 0. The fourth-order valence-corrected chi connectivity index (χ4v) is 4.76. The fraction of sp³-hybridized carbons (Fsp3) is 0.250. The Morgan fingerprint density at radius 2 is 1.71 bits per heavy atom. The molecule has 2 aliphatic rings. The summed E-state index contributed by atoms with van der Waals surface area (Å²) in [6.45, 7) is 11.2. The third kappa shape index (κ3) is 1.80. The number of allylic oxidation sites excluding steroid dienone is 5. The highest BCUT2D eigenvalue weighted by Crippen LogP contribution is 2.58. The van der Waals surface area contributed by atoms with Crippen LogP contribution in [0.2, 0.25) is 0 Å². The Bertz CT molecular complexity index is 894. The van der Waals surface area contributed by atoms with Gasteiger partial charge in [-0.05, 0) is 59.6 Å². The Hall–Kier alpha value is -2.34. The molecule has 4 rings (SSSR count). The molecule has 0 heteroatoms. The van der Waals surface area contributed by atoms with Crippen LogP contribution in [0.1, 0.15) is 42.5 Å². The summed E-state index contributed by atoms with van der Waals surface area (Å²) >= 11 is 0. The van der Waals surface area contributed by atoms with Gasteiger partial charge < -0.3 is 0 Å². The van der Waals surface area contributed by atoms with Crippen molar-refractivity contribution < 1.29 is 0 Å². The van der Waals surface area contributed by atoms with E-state index in [1.807, 2.05) is 0 Å². The lowest BCUT2D eigenvalue weighted by molar-refractivity contribution is 0.709. The number of hydrogen-bond acceptors (Lipinski definition) is 0. The smallest absolute Gasteiger partial charge is 0.0667 e. The van der Waals surface area contributed by atoms with Gasteiger partial charge in [0.15, 0.2) is 0 Å². The number of rotatable bonds is 2. The third-order valence-electron chi connectivity index (χ3n) is 5.77. The Morgan fingerprint density at radius 3 is 2.42 bits per heavy atom. The van der Waals surface area contributed by atoms with Crippen molar-refractivity contribution in [2.45, 2.75) is 32.6 Å². The number of benzene rings is 2. The molecule has 2 atom stereocenters. The first-order valence-corrected chi connectivity index (χ1v) is 8.81. The summed E-state index contributed by atoms with van der Waals surface area (Å²) < 4.78 is 0. The van der Waals surface area contributed by atoms with Gasteiger partial charge in [0.25, 0.3) is 0 Å². The van der Waals surface area contributed by atoms with Gasteiger partial charge in [-0.15, -0.1) is 0 Å². The van der Waals surface area contributed by atoms with E-state index in [-0.39, 0.29) is 5.41 Å². The number of aryl methyl sites for hydroxylation is 1. The van der Waals surface area contributed by atoms with Gasteiger partial charge in [0.2, 0.25) is 0 Å². The van der Waals surface area contributed by atoms with Crippen molar-refractivity contribution in [1.29, 1.82) is 0 Å². The summed E-state index contributed by atoms with van der Waals surface area (Å²) in [4.78, 5) is 0. The molecule has 120 valence electrons. The molecule has 0 heterocycles. The molecule has 0 saturated heterocycles. The van der Waals surface area contributed by atoms with E-state index in [0.717, 1.165) is 6.42 Å². The van der Waals surface area contributed by atoms with Gasteiger partial charge in [0.05, 0.1) is 5.41 Å². The molecule has 2 aromatic carbocycles. The van der Waals surface area contributed by atoms with Crippen molar-refractivity contribution in [1.82, 2.24) is 0 Å². The zero-order valence-electron chi connectivity index (χ0n) is 14.8. The highest BCUT2D eigenvalue weighted by molar-refractivity contribution is 5.88. The minimum atomic E-state index is -0.220. The lowest BCUT2D eigenvalue weighted by Gasteiger charge is -2.36. The van der Waals surface area contributed by atoms with Crippen molar-refractivity contribution >= 4 is 5.57 Å². The molecule has 2 aliphatic carbocycles. The average molecular weight is 312 g/mol. The van der Waals surface area contributed by atoms with Crippen molar-refractivity contribution in [2.24, 2.45) is 5.92 Å². The van der Waals surface area contributed by atoms with Gasteiger partial charge >= 0.3 is 0 Å². The van der Waals surface area contributed by atoms with Crippen LogP contribution in [0.25, 0.3) is 5.57 Å². The Balaban J connectivity index is 2.16. The molecule has 0 fully saturated rings. The van der Waals surface area contributed by atoms with E-state index in [0.29, 0.717) is 5.92 Å². The van der Waals surface area contributed by atoms with Crippen LogP contribution in [0.3, 0.4) is 0 Å². The van der Waals surface area contributed by atoms with E-state index >= 15 is 0 Å². The van der Waals surface area contributed by atoms with Gasteiger partial charge in [-0.25, -0.2) is 0 Å². The van der Waals surface area contributed by atoms with Gasteiger partial charge in [0.1, 0.15) is 0 Å². The first-order valence-electron chi connectivity index (χ1n) is 8.81. The van der Waals surface area contributed by atoms with E-state index < -0.39 is 0 Å². The molecule has 0 spiro atoms. The minimum Gasteiger partial charge on any atom is -0.0986 e. The summed E-state index contributed by atoms with van der Waals surface area (Å²) in [5.41, 5.74) is 9.44. The Morgan fingerprint density at radius 1 is 1.04 bits per heavy atom. The predicted molar refractivity (Wildman–Crippen MR) is 103 cm³/mol. The van der Waals surface area contributed by atoms with E-state index in [9.17, 15) is 0 Å². The van der Waals surface area contributed by atoms with E-state index in [1.165, 1.54) is 39.0 Å². The molecule has 0 radical (unpaired) electrons. The van der Waals surface area contributed by atoms with Crippen molar-refractivity contribution in [2.75, 3.05) is 0 Å². The monoisotopic (exact) mass is 312 g/mol. The molecule has 0 aromatic heterocycles. The molecule has 0 amide bonds. The Labute approximate surface area is 145 Å². The summed E-state index contributed by atoms with van der Waals surface area (Å²) in [5.74, 6) is 0.552. The second kappa shape index (κ2) is 5.34. The Kier molecular flexibility index (Phi) is 3.38. The average Bonchev–Trinajstić information content (AvgIpc) is 2.88. The molecular formula is C24H24. The molecule has 0 N–H and O–H groups in total. The minimum absolute atomic E-state index is 0.220. The van der Waals surface area contributed by atoms with Crippen molar-refractivity contribution in [3.05, 3.63) is 101 Å². The maximum atomic E-state index is 4.47. The maximum absolute atomic E-state index is 4.47. The van der Waals surface area contributed by atoms with Gasteiger partial charge in [-0.2, -0.15) is 0 Å². The standard InChI is InChI=1S/C24H24/c1-16(2)24(20-13-7-5-10-17(20)3)21-14-8-6-12-19(21)23-18(4)11-9-15-22(23)24/h5-10,12-15,18H,1,11H2,2-4H3. The maximum Gasteiger partial charge on any atom is 0.0667 e. The zero-order chi connectivity index (χ0) is 16.9. The van der Waals surface area contributed by atoms with E-state index in [1.54, 1.807) is 0 Å². The zero-order valence-corrected chi connectivity index (χ0v) is 14.8. The largest absolute Gasteiger partial charge is 0.0986 e. The van der Waals surface area contributed by atoms with Gasteiger partial charge in [0, 0.05) is 0 Å². The molecule has 24 heavy (non-hydrogen) atoms. The van der Waals surface area contributed by atoms with Crippen LogP contribution in [-0.2, 0) is 5.41 Å². The first-order chi connectivity index (χ1) is 11.6. The van der Waals surface area contributed by atoms with Crippen LogP contribution in [0.5, 0.6) is 0 Å². The molecule has 0 nitrogen and oxygen atoms in total. The fourth-order valence-electron chi connectivity index (χ4n) is 4.76. The van der Waals surface area contributed by atoms with Crippen LogP contribution < -0.4 is 0 Å². The predicted octanol–water partition coefficient (Wildman–Crippen LogP) is 6.22. The quantitative estimate of drug-likeness (QED) is 0.577. The van der Waals surface area contributed by atoms with Crippen LogP contribution in [0, 0.1) is 12.8 Å². The van der Waals surface area contributed by atoms with Crippen LogP contribution in [-0.4, -0.2) is 0 Å². The topological polar surface area (TPSA) is 0 Å². The summed E-state index contributed by atoms with van der Waals surface area (Å²) in [6, 6.07) is 17.7. The highest BCUT2D eigenvalue weighted by Gasteiger charge is 2.47. The molecule has 0 saturated carbocycles. The van der Waals surface area contributed by atoms with Crippen LogP contribution in [0.15, 0.2) is 78.4 Å². The van der Waals surface area contributed by atoms with Crippen molar-refractivity contribution in [3.63, 3.8) is 0 Å². The van der Waals surface area contributed by atoms with Gasteiger partial charge in [-0.3, -0.25) is 0 Å². The number of hydrogen-bond donors (Lipinski definition) is 0. The third-order valence-corrected chi connectivity index (χ3v) is 5.77. The SMILES string of the molecule is C=C(C)C1(c2ccccc2C)C2=C(c3ccccc31)C(C)CC=C2. The molecule has 0 bridgehead atoms. The highest BCUT2D eigenvalue weighted by atomic mass is 14.5. The lowest BCUT2D eigenvalue weighted by Crippen LogP contribution is -2.30. The molecule has 2 unspecified atom stereocenters. The molecule has 0 aliphatic heterocycles. The van der Waals surface area contributed by atoms with E-state index in [2.05, 4.69) is 88.0 Å². The molecule has 2 aromatic rings. The summed E-state index contributed by atoms with van der Waals surface area (Å²) in [6.07, 6.45) is 5.81.